The molecule has 224 valence electrons. The van der Waals surface area contributed by atoms with E-state index in [1.54, 1.807) is 19.1 Å². The second kappa shape index (κ2) is 14.4. The number of amides is 2. The number of methoxy groups -OCH3 is 2. The number of aryl methyl sites for hydroxylation is 1. The van der Waals surface area contributed by atoms with E-state index in [1.807, 2.05) is 62.3 Å². The Morgan fingerprint density at radius 1 is 1.10 bits per heavy atom. The monoisotopic (exact) mass is 579 g/mol. The summed E-state index contributed by atoms with van der Waals surface area (Å²) < 4.78 is 24.1. The summed E-state index contributed by atoms with van der Waals surface area (Å²) in [6, 6.07) is 5.44. The summed E-state index contributed by atoms with van der Waals surface area (Å²) in [5.41, 5.74) is 0.657. The van der Waals surface area contributed by atoms with E-state index in [0.29, 0.717) is 55.9 Å². The van der Waals surface area contributed by atoms with Gasteiger partial charge in [-0.1, -0.05) is 23.7 Å². The van der Waals surface area contributed by atoms with Crippen LogP contribution in [0.4, 0.5) is 4.79 Å². The molecule has 0 bridgehead atoms. The number of ether oxygens (including phenoxy) is 4. The van der Waals surface area contributed by atoms with Gasteiger partial charge in [-0.15, -0.1) is 0 Å². The van der Waals surface area contributed by atoms with Gasteiger partial charge in [0.05, 0.1) is 23.2 Å². The average molecular weight is 580 g/mol. The topological polar surface area (TPSA) is 82.5 Å². The number of unbranched alkanes of at least 4 members (excludes halogenated alkanes) is 1. The SMILES string of the molecule is COCCCCn1c(C(=O)N(C(C)C)[C@@H]2CCCN(C(=O)OC(C)(C)C)C2)c(Cl)c2cccc(OCCOC)c21. The van der Waals surface area contributed by atoms with Crippen LogP contribution < -0.4 is 4.74 Å². The summed E-state index contributed by atoms with van der Waals surface area (Å²) in [6.07, 6.45) is 2.87. The van der Waals surface area contributed by atoms with Gasteiger partial charge in [0.1, 0.15) is 23.7 Å². The van der Waals surface area contributed by atoms with Gasteiger partial charge in [0.2, 0.25) is 0 Å². The van der Waals surface area contributed by atoms with Gasteiger partial charge in [0.25, 0.3) is 5.91 Å². The first-order valence-electron chi connectivity index (χ1n) is 14.2. The fraction of sp³-hybridized carbons (Fsp3) is 0.667. The largest absolute Gasteiger partial charge is 0.489 e. The molecular formula is C30H46ClN3O6. The Morgan fingerprint density at radius 2 is 1.82 bits per heavy atom. The number of hydrogen-bond acceptors (Lipinski definition) is 6. The van der Waals surface area contributed by atoms with Crippen LogP contribution >= 0.6 is 11.6 Å². The number of aromatic nitrogens is 1. The highest BCUT2D eigenvalue weighted by Gasteiger charge is 2.36. The molecule has 2 amide bonds. The minimum Gasteiger partial charge on any atom is -0.489 e. The van der Waals surface area contributed by atoms with E-state index >= 15 is 0 Å². The molecular weight excluding hydrogens is 534 g/mol. The molecule has 1 saturated heterocycles. The van der Waals surface area contributed by atoms with Crippen LogP contribution in [0.5, 0.6) is 5.75 Å². The number of halogens is 1. The third-order valence-corrected chi connectivity index (χ3v) is 7.33. The molecule has 1 aliphatic rings. The van der Waals surface area contributed by atoms with Crippen LogP contribution in [-0.4, -0.2) is 91.2 Å². The maximum atomic E-state index is 14.5. The number of benzene rings is 1. The molecule has 1 atom stereocenters. The summed E-state index contributed by atoms with van der Waals surface area (Å²) >= 11 is 7.01. The molecule has 40 heavy (non-hydrogen) atoms. The molecule has 2 heterocycles. The van der Waals surface area contributed by atoms with E-state index in [2.05, 4.69) is 0 Å². The number of fused-ring (bicyclic) bond motifs is 1. The molecule has 1 aliphatic heterocycles. The second-order valence-electron chi connectivity index (χ2n) is 11.5. The van der Waals surface area contributed by atoms with Crippen molar-refractivity contribution in [1.29, 1.82) is 0 Å². The van der Waals surface area contributed by atoms with Crippen LogP contribution in [0.2, 0.25) is 5.02 Å². The number of para-hydroxylation sites is 1. The molecule has 1 aromatic heterocycles. The molecule has 0 radical (unpaired) electrons. The van der Waals surface area contributed by atoms with Gasteiger partial charge in [-0.3, -0.25) is 4.79 Å². The Labute approximate surface area is 243 Å². The quantitative estimate of drug-likeness (QED) is 0.287. The van der Waals surface area contributed by atoms with Crippen LogP contribution in [0.15, 0.2) is 18.2 Å². The Morgan fingerprint density at radius 3 is 2.48 bits per heavy atom. The predicted molar refractivity (Wildman–Crippen MR) is 158 cm³/mol. The third kappa shape index (κ3) is 7.83. The van der Waals surface area contributed by atoms with Crippen molar-refractivity contribution >= 4 is 34.5 Å². The van der Waals surface area contributed by atoms with E-state index in [1.165, 1.54) is 0 Å². The summed E-state index contributed by atoms with van der Waals surface area (Å²) in [4.78, 5) is 30.9. The van der Waals surface area contributed by atoms with Gasteiger partial charge in [0.15, 0.2) is 0 Å². The number of hydrogen-bond donors (Lipinski definition) is 0. The lowest BCUT2D eigenvalue weighted by Gasteiger charge is -2.41. The minimum absolute atomic E-state index is 0.107. The molecule has 1 fully saturated rings. The first-order valence-corrected chi connectivity index (χ1v) is 14.6. The van der Waals surface area contributed by atoms with Gasteiger partial charge >= 0.3 is 6.09 Å². The first-order chi connectivity index (χ1) is 19.0. The molecule has 0 spiro atoms. The molecule has 9 nitrogen and oxygen atoms in total. The van der Waals surface area contributed by atoms with E-state index in [0.717, 1.165) is 36.6 Å². The zero-order valence-electron chi connectivity index (χ0n) is 25.1. The maximum absolute atomic E-state index is 14.5. The van der Waals surface area contributed by atoms with Crippen molar-refractivity contribution in [2.24, 2.45) is 0 Å². The highest BCUT2D eigenvalue weighted by molar-refractivity contribution is 6.39. The number of carbonyl (C=O) groups is 2. The Hall–Kier alpha value is -2.49. The lowest BCUT2D eigenvalue weighted by Crippen LogP contribution is -2.54. The number of nitrogens with zero attached hydrogens (tertiary/aromatic N) is 3. The van der Waals surface area contributed by atoms with Crippen LogP contribution in [-0.2, 0) is 20.8 Å². The molecule has 0 N–H and O–H groups in total. The number of carbonyl (C=O) groups excluding carboxylic acids is 2. The normalized spacial score (nSPS) is 16.0. The zero-order valence-corrected chi connectivity index (χ0v) is 25.9. The van der Waals surface area contributed by atoms with Crippen molar-refractivity contribution in [3.05, 3.63) is 28.9 Å². The predicted octanol–water partition coefficient (Wildman–Crippen LogP) is 6.00. The molecule has 2 aromatic rings. The number of piperidine rings is 1. The third-order valence-electron chi connectivity index (χ3n) is 6.94. The summed E-state index contributed by atoms with van der Waals surface area (Å²) in [6.45, 7) is 12.6. The fourth-order valence-corrected chi connectivity index (χ4v) is 5.59. The molecule has 0 aliphatic carbocycles. The lowest BCUT2D eigenvalue weighted by atomic mass is 10.0. The van der Waals surface area contributed by atoms with E-state index in [9.17, 15) is 9.59 Å². The Kier molecular flexibility index (Phi) is 11.5. The van der Waals surface area contributed by atoms with Crippen molar-refractivity contribution in [2.75, 3.05) is 47.1 Å². The van der Waals surface area contributed by atoms with Crippen LogP contribution in [0, 0.1) is 0 Å². The van der Waals surface area contributed by atoms with E-state index in [4.69, 9.17) is 30.5 Å². The Bertz CT molecular complexity index is 1140. The Balaban J connectivity index is 2.01. The molecule has 3 rings (SSSR count). The molecule has 0 unspecified atom stereocenters. The van der Waals surface area contributed by atoms with Crippen molar-refractivity contribution in [3.8, 4) is 5.75 Å². The molecule has 10 heteroatoms. The van der Waals surface area contributed by atoms with Crippen LogP contribution in [0.25, 0.3) is 10.9 Å². The first kappa shape index (κ1) is 32.0. The summed E-state index contributed by atoms with van der Waals surface area (Å²) in [5.74, 6) is 0.508. The van der Waals surface area contributed by atoms with E-state index < -0.39 is 5.60 Å². The highest BCUT2D eigenvalue weighted by Crippen LogP contribution is 2.38. The second-order valence-corrected chi connectivity index (χ2v) is 11.9. The number of rotatable bonds is 12. The van der Waals surface area contributed by atoms with Gasteiger partial charge in [-0.25, -0.2) is 4.79 Å². The van der Waals surface area contributed by atoms with Gasteiger partial charge < -0.3 is 33.3 Å². The molecule has 1 aromatic carbocycles. The zero-order chi connectivity index (χ0) is 29.4. The average Bonchev–Trinajstić information content (AvgIpc) is 3.18. The maximum Gasteiger partial charge on any atom is 0.410 e. The fourth-order valence-electron chi connectivity index (χ4n) is 5.25. The summed E-state index contributed by atoms with van der Waals surface area (Å²) in [5, 5.41) is 1.18. The van der Waals surface area contributed by atoms with Crippen molar-refractivity contribution in [1.82, 2.24) is 14.4 Å². The minimum atomic E-state index is -0.585. The van der Waals surface area contributed by atoms with Crippen molar-refractivity contribution < 1.29 is 28.5 Å². The smallest absolute Gasteiger partial charge is 0.410 e. The van der Waals surface area contributed by atoms with Gasteiger partial charge in [-0.05, 0) is 66.4 Å². The van der Waals surface area contributed by atoms with Crippen LogP contribution in [0.3, 0.4) is 0 Å². The standard InChI is InChI=1S/C30H46ClN3O6/c1-21(2)34(22-12-11-15-32(20-22)29(36)40-30(3,4)5)28(35)27-25(31)23-13-10-14-24(39-19-18-38-7)26(23)33(27)16-8-9-17-37-6/h10,13-14,21-22H,8-9,11-12,15-20H2,1-7H3/t22-/m1/s1. The van der Waals surface area contributed by atoms with Crippen molar-refractivity contribution in [2.45, 2.75) is 84.5 Å². The van der Waals surface area contributed by atoms with Gasteiger partial charge in [-0.2, -0.15) is 0 Å². The van der Waals surface area contributed by atoms with Crippen molar-refractivity contribution in [3.63, 3.8) is 0 Å². The number of likely N-dealkylation sites (tertiary alicyclic amines) is 1. The summed E-state index contributed by atoms with van der Waals surface area (Å²) in [7, 11) is 3.32. The lowest BCUT2D eigenvalue weighted by molar-refractivity contribution is 0.00733. The van der Waals surface area contributed by atoms with Gasteiger partial charge in [0, 0.05) is 51.9 Å². The molecule has 0 saturated carbocycles. The van der Waals surface area contributed by atoms with E-state index in [-0.39, 0.29) is 24.1 Å². The highest BCUT2D eigenvalue weighted by atomic mass is 35.5. The van der Waals surface area contributed by atoms with Crippen LogP contribution in [0.1, 0.15) is 70.8 Å².